The summed E-state index contributed by atoms with van der Waals surface area (Å²) < 4.78 is 0. The molecule has 136 valence electrons. The number of carbonyl (C=O) groups is 3. The number of carboxylic acids is 1. The maximum absolute atomic E-state index is 12.3. The molecular weight excluding hydrogens is 324 g/mol. The van der Waals surface area contributed by atoms with Crippen molar-refractivity contribution < 1.29 is 24.6 Å². The minimum Gasteiger partial charge on any atom is -0.479 e. The first-order chi connectivity index (χ1) is 11.9. The third-order valence-electron chi connectivity index (χ3n) is 4.48. The zero-order valence-electron chi connectivity index (χ0n) is 14.3. The van der Waals surface area contributed by atoms with E-state index in [0.29, 0.717) is 25.9 Å². The van der Waals surface area contributed by atoms with E-state index in [1.165, 1.54) is 4.90 Å². The Morgan fingerprint density at radius 3 is 2.56 bits per heavy atom. The average molecular weight is 348 g/mol. The summed E-state index contributed by atoms with van der Waals surface area (Å²) in [5.41, 5.74) is 1.01. The van der Waals surface area contributed by atoms with Gasteiger partial charge < -0.3 is 20.0 Å². The number of amides is 2. The van der Waals surface area contributed by atoms with Crippen LogP contribution in [0, 0.1) is 0 Å². The number of carbonyl (C=O) groups excluding carboxylic acids is 2. The number of rotatable bonds is 7. The highest BCUT2D eigenvalue weighted by Crippen LogP contribution is 2.22. The fourth-order valence-corrected chi connectivity index (χ4v) is 3.09. The molecule has 1 aliphatic heterocycles. The standard InChI is InChI=1S/C18H24N2O5/c1-19(12-13-6-3-2-4-7-13)15(21)9-10-16(22)20-11-5-8-14(20)17(23)18(24)25/h2-4,6-7,14,17,23H,5,8-12H2,1H3,(H,24,25)/t14-,17-/m0/s1. The molecule has 0 spiro atoms. The molecule has 1 fully saturated rings. The van der Waals surface area contributed by atoms with Gasteiger partial charge in [-0.1, -0.05) is 30.3 Å². The van der Waals surface area contributed by atoms with Gasteiger partial charge >= 0.3 is 5.97 Å². The first kappa shape index (κ1) is 18.9. The van der Waals surface area contributed by atoms with Gasteiger partial charge in [0.25, 0.3) is 0 Å². The predicted molar refractivity (Wildman–Crippen MR) is 90.5 cm³/mol. The number of nitrogens with zero attached hydrogens (tertiary/aromatic N) is 2. The van der Waals surface area contributed by atoms with Crippen molar-refractivity contribution >= 4 is 17.8 Å². The molecule has 0 aromatic heterocycles. The van der Waals surface area contributed by atoms with Gasteiger partial charge in [0.05, 0.1) is 6.04 Å². The van der Waals surface area contributed by atoms with Gasteiger partial charge in [-0.05, 0) is 18.4 Å². The lowest BCUT2D eigenvalue weighted by atomic mass is 10.1. The summed E-state index contributed by atoms with van der Waals surface area (Å²) in [6, 6.07) is 8.86. The van der Waals surface area contributed by atoms with E-state index in [1.54, 1.807) is 11.9 Å². The summed E-state index contributed by atoms with van der Waals surface area (Å²) in [5.74, 6) is -1.76. The fourth-order valence-electron chi connectivity index (χ4n) is 3.09. The Hall–Kier alpha value is -2.41. The monoisotopic (exact) mass is 348 g/mol. The molecule has 0 saturated carbocycles. The molecule has 0 bridgehead atoms. The summed E-state index contributed by atoms with van der Waals surface area (Å²) in [5, 5.41) is 18.6. The predicted octanol–water partition coefficient (Wildman–Crippen LogP) is 0.862. The van der Waals surface area contributed by atoms with Crippen LogP contribution in [-0.4, -0.2) is 63.5 Å². The summed E-state index contributed by atoms with van der Waals surface area (Å²) in [6.07, 6.45) is -0.387. The van der Waals surface area contributed by atoms with Crippen molar-refractivity contribution in [3.05, 3.63) is 35.9 Å². The van der Waals surface area contributed by atoms with Crippen LogP contribution < -0.4 is 0 Å². The minimum absolute atomic E-state index is 0.0147. The van der Waals surface area contributed by atoms with Crippen LogP contribution in [0.3, 0.4) is 0 Å². The molecular formula is C18H24N2O5. The highest BCUT2D eigenvalue weighted by atomic mass is 16.4. The van der Waals surface area contributed by atoms with Gasteiger partial charge in [-0.25, -0.2) is 4.79 Å². The summed E-state index contributed by atoms with van der Waals surface area (Å²) >= 11 is 0. The summed E-state index contributed by atoms with van der Waals surface area (Å²) in [6.45, 7) is 0.889. The molecule has 2 amide bonds. The maximum Gasteiger partial charge on any atom is 0.334 e. The number of aliphatic hydroxyl groups excluding tert-OH is 1. The SMILES string of the molecule is CN(Cc1ccccc1)C(=O)CCC(=O)N1CCC[C@H]1[C@H](O)C(=O)O. The van der Waals surface area contributed by atoms with Crippen molar-refractivity contribution in [3.63, 3.8) is 0 Å². The lowest BCUT2D eigenvalue weighted by Crippen LogP contribution is -2.46. The number of aliphatic carboxylic acids is 1. The molecule has 7 nitrogen and oxygen atoms in total. The fraction of sp³-hybridized carbons (Fsp3) is 0.500. The first-order valence-electron chi connectivity index (χ1n) is 8.38. The number of hydrogen-bond acceptors (Lipinski definition) is 4. The van der Waals surface area contributed by atoms with Gasteiger partial charge in [0.1, 0.15) is 0 Å². The lowest BCUT2D eigenvalue weighted by Gasteiger charge is -2.27. The van der Waals surface area contributed by atoms with Crippen molar-refractivity contribution in [3.8, 4) is 0 Å². The number of likely N-dealkylation sites (tertiary alicyclic amines) is 1. The van der Waals surface area contributed by atoms with Gasteiger partial charge in [-0.3, -0.25) is 9.59 Å². The Balaban J connectivity index is 1.84. The van der Waals surface area contributed by atoms with Crippen molar-refractivity contribution in [2.75, 3.05) is 13.6 Å². The van der Waals surface area contributed by atoms with Gasteiger partial charge in [-0.2, -0.15) is 0 Å². The Morgan fingerprint density at radius 1 is 1.24 bits per heavy atom. The average Bonchev–Trinajstić information content (AvgIpc) is 3.09. The zero-order valence-corrected chi connectivity index (χ0v) is 14.3. The highest BCUT2D eigenvalue weighted by molar-refractivity contribution is 5.84. The Labute approximate surface area is 146 Å². The van der Waals surface area contributed by atoms with Crippen LogP contribution in [0.25, 0.3) is 0 Å². The number of aliphatic hydroxyl groups is 1. The molecule has 2 rings (SSSR count). The Kier molecular flexibility index (Phi) is 6.52. The molecule has 0 unspecified atom stereocenters. The van der Waals surface area contributed by atoms with Crippen LogP contribution in [0.1, 0.15) is 31.2 Å². The molecule has 0 radical (unpaired) electrons. The third kappa shape index (κ3) is 5.03. The second-order valence-electron chi connectivity index (χ2n) is 6.32. The molecule has 1 aromatic rings. The molecule has 7 heteroatoms. The van der Waals surface area contributed by atoms with Crippen LogP contribution >= 0.6 is 0 Å². The molecule has 1 saturated heterocycles. The number of hydrogen-bond donors (Lipinski definition) is 2. The van der Waals surface area contributed by atoms with E-state index in [0.717, 1.165) is 5.56 Å². The quantitative estimate of drug-likeness (QED) is 0.762. The molecule has 2 atom stereocenters. The molecule has 2 N–H and O–H groups in total. The van der Waals surface area contributed by atoms with Gasteiger partial charge in [0.15, 0.2) is 6.10 Å². The van der Waals surface area contributed by atoms with Crippen LogP contribution in [0.5, 0.6) is 0 Å². The van der Waals surface area contributed by atoms with Crippen LogP contribution in [-0.2, 0) is 20.9 Å². The molecule has 0 aliphatic carbocycles. The van der Waals surface area contributed by atoms with E-state index in [4.69, 9.17) is 5.11 Å². The van der Waals surface area contributed by atoms with Crippen molar-refractivity contribution in [1.82, 2.24) is 9.80 Å². The van der Waals surface area contributed by atoms with E-state index < -0.39 is 18.1 Å². The van der Waals surface area contributed by atoms with Crippen molar-refractivity contribution in [1.29, 1.82) is 0 Å². The van der Waals surface area contributed by atoms with E-state index in [9.17, 15) is 19.5 Å². The van der Waals surface area contributed by atoms with Gasteiger partial charge in [0, 0.05) is 33.0 Å². The van der Waals surface area contributed by atoms with Crippen LogP contribution in [0.15, 0.2) is 30.3 Å². The Bertz CT molecular complexity index is 619. The molecule has 1 aromatic carbocycles. The van der Waals surface area contributed by atoms with Gasteiger partial charge in [0.2, 0.25) is 11.8 Å². The second kappa shape index (κ2) is 8.62. The number of carboxylic acid groups (broad SMARTS) is 1. The van der Waals surface area contributed by atoms with Crippen LogP contribution in [0.2, 0.25) is 0 Å². The summed E-state index contributed by atoms with van der Waals surface area (Å²) in [7, 11) is 1.69. The highest BCUT2D eigenvalue weighted by Gasteiger charge is 2.37. The van der Waals surface area contributed by atoms with E-state index >= 15 is 0 Å². The zero-order chi connectivity index (χ0) is 18.4. The molecule has 1 heterocycles. The Morgan fingerprint density at radius 2 is 1.92 bits per heavy atom. The third-order valence-corrected chi connectivity index (χ3v) is 4.48. The van der Waals surface area contributed by atoms with Crippen LogP contribution in [0.4, 0.5) is 0 Å². The minimum atomic E-state index is -1.58. The van der Waals surface area contributed by atoms with Crippen molar-refractivity contribution in [2.24, 2.45) is 0 Å². The normalized spacial score (nSPS) is 18.0. The topological polar surface area (TPSA) is 98.2 Å². The largest absolute Gasteiger partial charge is 0.479 e. The maximum atomic E-state index is 12.3. The lowest BCUT2D eigenvalue weighted by molar-refractivity contribution is -0.152. The van der Waals surface area contributed by atoms with E-state index in [-0.39, 0.29) is 24.7 Å². The number of benzene rings is 1. The molecule has 1 aliphatic rings. The van der Waals surface area contributed by atoms with E-state index in [1.807, 2.05) is 30.3 Å². The van der Waals surface area contributed by atoms with E-state index in [2.05, 4.69) is 0 Å². The summed E-state index contributed by atoms with van der Waals surface area (Å²) in [4.78, 5) is 38.4. The van der Waals surface area contributed by atoms with Crippen molar-refractivity contribution in [2.45, 2.75) is 44.4 Å². The second-order valence-corrected chi connectivity index (χ2v) is 6.32. The first-order valence-corrected chi connectivity index (χ1v) is 8.38. The van der Waals surface area contributed by atoms with Gasteiger partial charge in [-0.15, -0.1) is 0 Å². The smallest absolute Gasteiger partial charge is 0.334 e. The molecule has 25 heavy (non-hydrogen) atoms.